The molecule has 3 N–H and O–H groups in total. The summed E-state index contributed by atoms with van der Waals surface area (Å²) in [4.78, 5) is 36.2. The van der Waals surface area contributed by atoms with E-state index in [4.69, 9.17) is 16.7 Å². The molecule has 0 atom stereocenters. The molecule has 0 heterocycles. The fraction of sp³-hybridized carbons (Fsp3) is 0.125. The molecule has 0 fully saturated rings. The number of aryl methyl sites for hydroxylation is 1. The molecule has 3 rings (SSSR count). The number of hydrogen-bond donors (Lipinski definition) is 3. The van der Waals surface area contributed by atoms with Crippen molar-refractivity contribution in [3.8, 4) is 0 Å². The largest absolute Gasteiger partial charge is 0.481 e. The maximum absolute atomic E-state index is 12.9. The van der Waals surface area contributed by atoms with Crippen LogP contribution in [0.1, 0.15) is 38.3 Å². The molecule has 34 heavy (non-hydrogen) atoms. The van der Waals surface area contributed by atoms with Crippen LogP contribution in [0.5, 0.6) is 0 Å². The van der Waals surface area contributed by atoms with Gasteiger partial charge in [-0.3, -0.25) is 14.4 Å². The maximum atomic E-state index is 12.9. The lowest BCUT2D eigenvalue weighted by atomic mass is 10.1. The zero-order valence-corrected chi connectivity index (χ0v) is 18.2. The monoisotopic (exact) mass is 490 g/mol. The topological polar surface area (TPSA) is 95.5 Å². The molecule has 10 heteroatoms. The highest BCUT2D eigenvalue weighted by Gasteiger charge is 2.30. The summed E-state index contributed by atoms with van der Waals surface area (Å²) < 4.78 is 38.2. The number of aliphatic carboxylic acids is 1. The number of rotatable bonds is 7. The van der Waals surface area contributed by atoms with Crippen molar-refractivity contribution in [3.05, 3.63) is 94.0 Å². The number of nitrogens with one attached hydrogen (secondary N) is 2. The van der Waals surface area contributed by atoms with Gasteiger partial charge in [-0.1, -0.05) is 23.7 Å². The normalized spacial score (nSPS) is 11.1. The number of benzene rings is 3. The maximum Gasteiger partial charge on any atom is 0.416 e. The molecule has 0 aliphatic rings. The minimum Gasteiger partial charge on any atom is -0.481 e. The second-order valence-corrected chi connectivity index (χ2v) is 7.70. The van der Waals surface area contributed by atoms with Crippen molar-refractivity contribution < 1.29 is 32.7 Å². The van der Waals surface area contributed by atoms with Gasteiger partial charge in [-0.05, 0) is 66.6 Å². The lowest BCUT2D eigenvalue weighted by Gasteiger charge is -2.13. The van der Waals surface area contributed by atoms with Gasteiger partial charge in [0, 0.05) is 22.7 Å². The summed E-state index contributed by atoms with van der Waals surface area (Å²) in [6, 6.07) is 14.5. The van der Waals surface area contributed by atoms with E-state index < -0.39 is 29.5 Å². The first kappa shape index (κ1) is 24.8. The minimum absolute atomic E-state index is 0.0274. The standard InChI is InChI=1S/C24H18ClF3N2O4/c25-17-9-10-20(30-22(33)15-5-7-16(8-6-15)24(26,27)28)19(13-17)23(34)29-18-3-1-2-14(12-18)4-11-21(31)32/h1-3,5-10,12-13H,4,11H2,(H,29,34)(H,30,33)(H,31,32). The van der Waals surface area contributed by atoms with Gasteiger partial charge in [0.15, 0.2) is 0 Å². The Kier molecular flexibility index (Phi) is 7.57. The van der Waals surface area contributed by atoms with Gasteiger partial charge in [0.25, 0.3) is 11.8 Å². The van der Waals surface area contributed by atoms with Gasteiger partial charge in [-0.2, -0.15) is 13.2 Å². The van der Waals surface area contributed by atoms with Crippen molar-refractivity contribution in [3.63, 3.8) is 0 Å². The molecule has 3 aromatic carbocycles. The predicted octanol–water partition coefficient (Wildman–Crippen LogP) is 5.88. The highest BCUT2D eigenvalue weighted by Crippen LogP contribution is 2.29. The van der Waals surface area contributed by atoms with Crippen LogP contribution in [0.2, 0.25) is 5.02 Å². The van der Waals surface area contributed by atoms with Gasteiger partial charge in [-0.15, -0.1) is 0 Å². The first-order chi connectivity index (χ1) is 16.0. The summed E-state index contributed by atoms with van der Waals surface area (Å²) in [5, 5.41) is 14.2. The van der Waals surface area contributed by atoms with Crippen molar-refractivity contribution in [1.29, 1.82) is 0 Å². The molecule has 0 aromatic heterocycles. The first-order valence-electron chi connectivity index (χ1n) is 9.93. The molecular formula is C24H18ClF3N2O4. The number of carbonyl (C=O) groups excluding carboxylic acids is 2. The Morgan fingerprint density at radius 2 is 1.59 bits per heavy atom. The molecule has 176 valence electrons. The average molecular weight is 491 g/mol. The quantitative estimate of drug-likeness (QED) is 0.385. The summed E-state index contributed by atoms with van der Waals surface area (Å²) in [6.07, 6.45) is -4.31. The molecule has 3 aromatic rings. The number of halogens is 4. The Hall–Kier alpha value is -3.85. The van der Waals surface area contributed by atoms with E-state index in [-0.39, 0.29) is 34.7 Å². The Balaban J connectivity index is 1.78. The fourth-order valence-electron chi connectivity index (χ4n) is 3.07. The molecule has 6 nitrogen and oxygen atoms in total. The van der Waals surface area contributed by atoms with Crippen molar-refractivity contribution in [2.45, 2.75) is 19.0 Å². The molecule has 2 amide bonds. The van der Waals surface area contributed by atoms with Crippen LogP contribution < -0.4 is 10.6 Å². The summed E-state index contributed by atoms with van der Waals surface area (Å²) in [5.74, 6) is -2.25. The molecule has 0 bridgehead atoms. The van der Waals surface area contributed by atoms with Crippen molar-refractivity contribution in [1.82, 2.24) is 0 Å². The number of carboxylic acid groups (broad SMARTS) is 1. The molecule has 0 radical (unpaired) electrons. The third-order valence-electron chi connectivity index (χ3n) is 4.76. The Bertz CT molecular complexity index is 1230. The molecule has 0 saturated heterocycles. The van der Waals surface area contributed by atoms with Gasteiger partial charge >= 0.3 is 12.1 Å². The Morgan fingerprint density at radius 1 is 0.882 bits per heavy atom. The van der Waals surface area contributed by atoms with Gasteiger partial charge in [0.2, 0.25) is 0 Å². The van der Waals surface area contributed by atoms with Crippen LogP contribution in [-0.4, -0.2) is 22.9 Å². The van der Waals surface area contributed by atoms with Gasteiger partial charge < -0.3 is 15.7 Å². The van der Waals surface area contributed by atoms with Crippen molar-refractivity contribution >= 4 is 40.8 Å². The Labute approximate surface area is 197 Å². The van der Waals surface area contributed by atoms with Crippen molar-refractivity contribution in [2.24, 2.45) is 0 Å². The van der Waals surface area contributed by atoms with Gasteiger partial charge in [0.05, 0.1) is 16.8 Å². The summed E-state index contributed by atoms with van der Waals surface area (Å²) >= 11 is 6.02. The lowest BCUT2D eigenvalue weighted by molar-refractivity contribution is -0.138. The highest BCUT2D eigenvalue weighted by molar-refractivity contribution is 6.31. The molecule has 0 unspecified atom stereocenters. The zero-order valence-electron chi connectivity index (χ0n) is 17.4. The van der Waals surface area contributed by atoms with E-state index >= 15 is 0 Å². The van der Waals surface area contributed by atoms with Gasteiger partial charge in [0.1, 0.15) is 0 Å². The SMILES string of the molecule is O=C(O)CCc1cccc(NC(=O)c2cc(Cl)ccc2NC(=O)c2ccc(C(F)(F)F)cc2)c1. The van der Waals surface area contributed by atoms with E-state index in [2.05, 4.69) is 10.6 Å². The first-order valence-corrected chi connectivity index (χ1v) is 10.3. The van der Waals surface area contributed by atoms with E-state index in [0.29, 0.717) is 11.3 Å². The average Bonchev–Trinajstić information content (AvgIpc) is 2.78. The smallest absolute Gasteiger partial charge is 0.416 e. The van der Waals surface area contributed by atoms with E-state index in [1.165, 1.54) is 18.2 Å². The van der Waals surface area contributed by atoms with E-state index in [9.17, 15) is 27.6 Å². The fourth-order valence-corrected chi connectivity index (χ4v) is 3.24. The number of anilines is 2. The third-order valence-corrected chi connectivity index (χ3v) is 5.00. The molecular weight excluding hydrogens is 473 g/mol. The number of hydrogen-bond acceptors (Lipinski definition) is 3. The van der Waals surface area contributed by atoms with Crippen LogP contribution >= 0.6 is 11.6 Å². The summed E-state index contributed by atoms with van der Waals surface area (Å²) in [5.41, 5.74) is 0.342. The van der Waals surface area contributed by atoms with Crippen LogP contribution in [-0.2, 0) is 17.4 Å². The highest BCUT2D eigenvalue weighted by atomic mass is 35.5. The zero-order chi connectivity index (χ0) is 24.9. The van der Waals surface area contributed by atoms with Crippen LogP contribution in [0.4, 0.5) is 24.5 Å². The third kappa shape index (κ3) is 6.58. The lowest BCUT2D eigenvalue weighted by Crippen LogP contribution is -2.18. The summed E-state index contributed by atoms with van der Waals surface area (Å²) in [6.45, 7) is 0. The second kappa shape index (κ2) is 10.4. The molecule has 0 spiro atoms. The van der Waals surface area contributed by atoms with Crippen LogP contribution in [0.15, 0.2) is 66.7 Å². The number of carbonyl (C=O) groups is 3. The molecule has 0 aliphatic heterocycles. The van der Waals surface area contributed by atoms with Crippen molar-refractivity contribution in [2.75, 3.05) is 10.6 Å². The Morgan fingerprint density at radius 3 is 2.24 bits per heavy atom. The van der Waals surface area contributed by atoms with E-state index in [1.54, 1.807) is 24.3 Å². The minimum atomic E-state index is -4.53. The van der Waals surface area contributed by atoms with E-state index in [1.807, 2.05) is 0 Å². The number of amides is 2. The summed E-state index contributed by atoms with van der Waals surface area (Å²) in [7, 11) is 0. The number of carboxylic acids is 1. The van der Waals surface area contributed by atoms with Gasteiger partial charge in [-0.25, -0.2) is 0 Å². The number of alkyl halides is 3. The van der Waals surface area contributed by atoms with Crippen LogP contribution in [0, 0.1) is 0 Å². The predicted molar refractivity (Wildman–Crippen MR) is 121 cm³/mol. The second-order valence-electron chi connectivity index (χ2n) is 7.27. The molecule has 0 saturated carbocycles. The molecule has 0 aliphatic carbocycles. The van der Waals surface area contributed by atoms with Crippen LogP contribution in [0.25, 0.3) is 0 Å². The van der Waals surface area contributed by atoms with E-state index in [0.717, 1.165) is 24.3 Å². The van der Waals surface area contributed by atoms with Crippen LogP contribution in [0.3, 0.4) is 0 Å².